The fraction of sp³-hybridized carbons (Fsp3) is 0.200. The molecule has 0 aliphatic carbocycles. The number of rotatable bonds is 13. The van der Waals surface area contributed by atoms with Crippen LogP contribution in [0.4, 0.5) is 17.5 Å². The first-order valence-electron chi connectivity index (χ1n) is 25.8. The Morgan fingerprint density at radius 2 is 0.849 bits per heavy atom. The third-order valence-electron chi connectivity index (χ3n) is 11.4. The average Bonchev–Trinajstić information content (AvgIpc) is 4.05. The maximum atomic E-state index is 12.0. The van der Waals surface area contributed by atoms with Crippen LogP contribution in [-0.2, 0) is 47.6 Å². The molecule has 0 atom stereocenters. The molecular weight excluding hydrogens is 1200 g/mol. The molecule has 10 rings (SSSR count). The Hall–Kier alpha value is -8.91. The van der Waals surface area contributed by atoms with Gasteiger partial charge in [-0.1, -0.05) is 159 Å². The Labute approximate surface area is 530 Å². The van der Waals surface area contributed by atoms with Gasteiger partial charge in [0.25, 0.3) is 22.2 Å². The SMILES string of the molecule is CC(=O)Nc1ccc(=O)n(Cc2ccccc2)n1.CC(N)=O.Cc1noc(C)c1CBr.Cc1noc(C)c1CNc1ccc(=O)n(Cc2ccccc2)n1.Nc1ccc(=O)n(Cc2ccccc2)n1.O=c1ccc(Cl)nn1Cc1ccccc1.[Na+].[OH-]. The molecule has 6 heterocycles. The van der Waals surface area contributed by atoms with Crippen molar-refractivity contribution in [2.75, 3.05) is 16.4 Å². The zero-order chi connectivity index (χ0) is 61.0. The molecule has 23 nitrogen and oxygen atoms in total. The van der Waals surface area contributed by atoms with Crippen molar-refractivity contribution in [1.82, 2.24) is 49.4 Å². The van der Waals surface area contributed by atoms with E-state index in [1.807, 2.05) is 149 Å². The van der Waals surface area contributed by atoms with E-state index in [1.165, 1.54) is 75.0 Å². The van der Waals surface area contributed by atoms with E-state index in [1.54, 1.807) is 6.07 Å². The molecule has 0 aliphatic heterocycles. The van der Waals surface area contributed by atoms with Gasteiger partial charge in [0.1, 0.15) is 28.3 Å². The minimum atomic E-state index is -0.333. The van der Waals surface area contributed by atoms with Crippen LogP contribution in [0.25, 0.3) is 0 Å². The number of benzene rings is 4. The van der Waals surface area contributed by atoms with Crippen molar-refractivity contribution in [1.29, 1.82) is 0 Å². The van der Waals surface area contributed by atoms with Gasteiger partial charge in [-0.25, -0.2) is 18.7 Å². The number of hydrogen-bond acceptors (Lipinski definition) is 17. The van der Waals surface area contributed by atoms with Crippen molar-refractivity contribution >= 4 is 56.8 Å². The summed E-state index contributed by atoms with van der Waals surface area (Å²) in [5.74, 6) is 2.51. The monoisotopic (exact) mass is 1260 g/mol. The number of nitrogens with zero attached hydrogens (tertiary/aromatic N) is 10. The number of nitrogens with one attached hydrogen (secondary N) is 2. The molecular formula is C60H65BrClN14NaO9. The van der Waals surface area contributed by atoms with Crippen LogP contribution in [0.5, 0.6) is 0 Å². The van der Waals surface area contributed by atoms with Crippen LogP contribution in [0.15, 0.2) is 198 Å². The Morgan fingerprint density at radius 1 is 0.512 bits per heavy atom. The summed E-state index contributed by atoms with van der Waals surface area (Å²) < 4.78 is 15.5. The number of halogens is 2. The largest absolute Gasteiger partial charge is 1.00 e. The molecule has 26 heteroatoms. The van der Waals surface area contributed by atoms with Crippen LogP contribution in [0.3, 0.4) is 0 Å². The summed E-state index contributed by atoms with van der Waals surface area (Å²) in [6.07, 6.45) is 0. The van der Waals surface area contributed by atoms with Gasteiger partial charge < -0.3 is 36.6 Å². The summed E-state index contributed by atoms with van der Waals surface area (Å²) in [4.78, 5) is 66.6. The summed E-state index contributed by atoms with van der Waals surface area (Å²) >= 11 is 9.05. The molecule has 0 aliphatic rings. The van der Waals surface area contributed by atoms with Crippen LogP contribution < -0.4 is 73.9 Å². The second-order valence-corrected chi connectivity index (χ2v) is 19.1. The number of nitrogens with two attached hydrogens (primary N) is 2. The Bertz CT molecular complexity index is 3780. The van der Waals surface area contributed by atoms with Crippen molar-refractivity contribution in [2.24, 2.45) is 5.73 Å². The maximum absolute atomic E-state index is 12.0. The van der Waals surface area contributed by atoms with Gasteiger partial charge in [0, 0.05) is 61.1 Å². The first-order valence-corrected chi connectivity index (χ1v) is 27.3. The van der Waals surface area contributed by atoms with Gasteiger partial charge in [-0.15, -0.1) is 0 Å². The zero-order valence-corrected chi connectivity index (χ0v) is 52.8. The third kappa shape index (κ3) is 25.1. The van der Waals surface area contributed by atoms with Crippen molar-refractivity contribution in [3.8, 4) is 0 Å². The van der Waals surface area contributed by atoms with Gasteiger partial charge in [0.2, 0.25) is 11.8 Å². The van der Waals surface area contributed by atoms with Gasteiger partial charge >= 0.3 is 29.6 Å². The minimum Gasteiger partial charge on any atom is -0.870 e. The number of anilines is 3. The molecule has 0 spiro atoms. The van der Waals surface area contributed by atoms with Crippen molar-refractivity contribution in [3.63, 3.8) is 0 Å². The standard InChI is InChI=1S/C17H18N4O2.C13H13N3O2.C11H9ClN2O.C11H11N3O.C6H8BrNO.C2H5NO.Na.H2O/c1-12-15(13(2)23-20-12)10-18-16-8-9-17(22)21(19-16)11-14-6-4-3-5-7-14;1-10(17)14-12-7-8-13(18)16(15-12)9-11-5-3-2-4-6-11;2*12-10-6-7-11(15)14(13-10)8-9-4-2-1-3-5-9;1-4-6(3-7)5(2)9-8-4;1-2(3)4;;/h3-9H,10-11H2,1-2H3,(H,18,19);2-8H,9H2,1H3,(H,14,15,17);1-7H,8H2;1-7H,8H2,(H2,12,13);3H2,1-2H3;1H3,(H2,3,4);;1H2/q;;;;;;+1;/p-1. The second-order valence-electron chi connectivity index (χ2n) is 18.2. The maximum Gasteiger partial charge on any atom is 1.00 e. The molecule has 7 N–H and O–H groups in total. The molecule has 0 radical (unpaired) electrons. The Kier molecular flexibility index (Phi) is 31.0. The minimum absolute atomic E-state index is 0. The summed E-state index contributed by atoms with van der Waals surface area (Å²) in [7, 11) is 0. The van der Waals surface area contributed by atoms with E-state index in [9.17, 15) is 28.8 Å². The number of primary amides is 1. The molecule has 0 bridgehead atoms. The summed E-state index contributed by atoms with van der Waals surface area (Å²) in [6.45, 7) is 12.6. The number of nitrogen functional groups attached to an aromatic ring is 1. The molecule has 6 aromatic heterocycles. The van der Waals surface area contributed by atoms with Gasteiger partial charge in [-0.05, 0) is 74.2 Å². The number of hydrogen-bond donors (Lipinski definition) is 4. The molecule has 4 aromatic carbocycles. The fourth-order valence-corrected chi connectivity index (χ4v) is 8.19. The molecule has 0 saturated carbocycles. The number of alkyl halides is 1. The Balaban J connectivity index is 0.000000282. The molecule has 2 amide bonds. The fourth-order valence-electron chi connectivity index (χ4n) is 7.23. The molecule has 0 saturated heterocycles. The van der Waals surface area contributed by atoms with Gasteiger partial charge in [-0.2, -0.15) is 20.4 Å². The number of aryl methyl sites for hydroxylation is 4. The van der Waals surface area contributed by atoms with Gasteiger partial charge in [-0.3, -0.25) is 28.8 Å². The summed E-state index contributed by atoms with van der Waals surface area (Å²) in [5, 5.41) is 31.0. The van der Waals surface area contributed by atoms with Crippen LogP contribution in [-0.4, -0.2) is 66.7 Å². The molecule has 0 unspecified atom stereocenters. The first kappa shape index (κ1) is 71.4. The Morgan fingerprint density at radius 3 is 1.21 bits per heavy atom. The van der Waals surface area contributed by atoms with Crippen LogP contribution in [0.1, 0.15) is 70.1 Å². The van der Waals surface area contributed by atoms with Gasteiger partial charge in [0.15, 0.2) is 5.82 Å². The smallest absolute Gasteiger partial charge is 0.870 e. The van der Waals surface area contributed by atoms with Crippen LogP contribution >= 0.6 is 27.5 Å². The van der Waals surface area contributed by atoms with Crippen molar-refractivity contribution < 1.29 is 53.7 Å². The first-order chi connectivity index (χ1) is 40.3. The molecule has 10 aromatic rings. The van der Waals surface area contributed by atoms with E-state index >= 15 is 0 Å². The topological polar surface area (TPSA) is 332 Å². The van der Waals surface area contributed by atoms with E-state index in [4.69, 9.17) is 26.4 Å². The van der Waals surface area contributed by atoms with E-state index in [-0.39, 0.29) is 69.1 Å². The van der Waals surface area contributed by atoms with E-state index in [0.29, 0.717) is 55.3 Å². The summed E-state index contributed by atoms with van der Waals surface area (Å²) in [6, 6.07) is 50.5. The van der Waals surface area contributed by atoms with Crippen molar-refractivity contribution in [3.05, 3.63) is 273 Å². The van der Waals surface area contributed by atoms with Crippen LogP contribution in [0.2, 0.25) is 5.15 Å². The predicted molar refractivity (Wildman–Crippen MR) is 329 cm³/mol. The normalized spacial score (nSPS) is 9.86. The third-order valence-corrected chi connectivity index (χ3v) is 12.2. The van der Waals surface area contributed by atoms with Crippen molar-refractivity contribution in [2.45, 2.75) is 79.6 Å². The van der Waals surface area contributed by atoms with Crippen LogP contribution in [0, 0.1) is 27.7 Å². The second kappa shape index (κ2) is 37.4. The van der Waals surface area contributed by atoms with E-state index in [2.05, 4.69) is 63.0 Å². The van der Waals surface area contributed by atoms with Gasteiger partial charge in [0.05, 0.1) is 37.6 Å². The average molecular weight is 1260 g/mol. The molecule has 0 fully saturated rings. The number of amides is 2. The quantitative estimate of drug-likeness (QED) is 0.0863. The molecule has 444 valence electrons. The zero-order valence-electron chi connectivity index (χ0n) is 48.5. The number of aromatic nitrogens is 10. The van der Waals surface area contributed by atoms with E-state index in [0.717, 1.165) is 61.6 Å². The predicted octanol–water partition coefficient (Wildman–Crippen LogP) is 5.08. The number of carbonyl (C=O) groups is 2. The molecule has 86 heavy (non-hydrogen) atoms. The summed E-state index contributed by atoms with van der Waals surface area (Å²) in [5.41, 5.74) is 17.4. The number of carbonyl (C=O) groups excluding carboxylic acids is 2. The van der Waals surface area contributed by atoms with E-state index < -0.39 is 0 Å².